The Hall–Kier alpha value is -3.89. The molecule has 0 bridgehead atoms. The molecule has 0 saturated carbocycles. The van der Waals surface area contributed by atoms with Crippen molar-refractivity contribution < 1.29 is 23.5 Å². The van der Waals surface area contributed by atoms with E-state index in [-0.39, 0.29) is 30.0 Å². The molecule has 3 fully saturated rings. The van der Waals surface area contributed by atoms with Gasteiger partial charge in [-0.05, 0) is 85.5 Å². The van der Waals surface area contributed by atoms with E-state index in [1.54, 1.807) is 4.90 Å². The first-order chi connectivity index (χ1) is 22.2. The summed E-state index contributed by atoms with van der Waals surface area (Å²) in [5, 5.41) is 11.7. The van der Waals surface area contributed by atoms with Crippen molar-refractivity contribution in [2.75, 3.05) is 39.4 Å². The van der Waals surface area contributed by atoms with Gasteiger partial charge in [0.05, 0.1) is 23.6 Å². The number of halogens is 1. The molecule has 244 valence electrons. The maximum atomic E-state index is 15.6. The van der Waals surface area contributed by atoms with Gasteiger partial charge in [-0.25, -0.2) is 4.39 Å². The summed E-state index contributed by atoms with van der Waals surface area (Å²) in [5.74, 6) is 0.924. The smallest absolute Gasteiger partial charge is 0.254 e. The van der Waals surface area contributed by atoms with Crippen molar-refractivity contribution in [3.8, 4) is 22.8 Å². The molecule has 4 heterocycles. The van der Waals surface area contributed by atoms with E-state index in [1.807, 2.05) is 43.3 Å². The number of hydrogen-bond donors (Lipinski definition) is 1. The minimum absolute atomic E-state index is 0.0269. The molecule has 0 radical (unpaired) electrons. The second-order valence-corrected chi connectivity index (χ2v) is 13.4. The van der Waals surface area contributed by atoms with Crippen LogP contribution in [0.2, 0.25) is 0 Å². The molecule has 46 heavy (non-hydrogen) atoms. The minimum Gasteiger partial charge on any atom is -0.457 e. The molecule has 1 unspecified atom stereocenters. The van der Waals surface area contributed by atoms with Gasteiger partial charge in [-0.3, -0.25) is 9.59 Å². The summed E-state index contributed by atoms with van der Waals surface area (Å²) >= 11 is 0. The van der Waals surface area contributed by atoms with Crippen LogP contribution in [0.3, 0.4) is 0 Å². The molecule has 2 aromatic carbocycles. The lowest BCUT2D eigenvalue weighted by Crippen LogP contribution is -2.46. The number of likely N-dealkylation sites (tertiary alicyclic amines) is 2. The summed E-state index contributed by atoms with van der Waals surface area (Å²) in [4.78, 5) is 30.2. The van der Waals surface area contributed by atoms with Gasteiger partial charge in [0.15, 0.2) is 0 Å². The molecule has 9 nitrogen and oxygen atoms in total. The van der Waals surface area contributed by atoms with Crippen molar-refractivity contribution in [2.24, 2.45) is 11.8 Å². The Morgan fingerprint density at radius 1 is 1.09 bits per heavy atom. The highest BCUT2D eigenvalue weighted by Gasteiger charge is 2.29. The quantitative estimate of drug-likeness (QED) is 0.303. The highest BCUT2D eigenvalue weighted by atomic mass is 19.1. The van der Waals surface area contributed by atoms with E-state index in [2.05, 4.69) is 34.3 Å². The summed E-state index contributed by atoms with van der Waals surface area (Å²) in [7, 11) is 0. The van der Waals surface area contributed by atoms with E-state index in [0.717, 1.165) is 69.1 Å². The number of nitrogens with one attached hydrogen (secondary N) is 1. The first-order valence-corrected chi connectivity index (χ1v) is 16.5. The maximum Gasteiger partial charge on any atom is 0.254 e. The lowest BCUT2D eigenvalue weighted by atomic mass is 10.0. The molecule has 0 spiro atoms. The predicted octanol–water partition coefficient (Wildman–Crippen LogP) is 5.80. The maximum absolute atomic E-state index is 15.6. The lowest BCUT2D eigenvalue weighted by molar-refractivity contribution is -0.128. The zero-order valence-corrected chi connectivity index (χ0v) is 27.0. The molecule has 2 atom stereocenters. The number of aromatic nitrogens is 2. The largest absolute Gasteiger partial charge is 0.457 e. The standard InChI is InChI=1S/C36H44FN5O4/c1-23(2)32-8-9-33(40-39-32)26-4-6-29(7-5-26)46-34-18-30(31(37)17-27(34)21-42-19-24(3)16-35(42)43)36(44)38-28-10-13-41(14-11-28)20-25-12-15-45-22-25/h4-9,17-18,23-25,28H,10-16,19-22H2,1-3H3,(H,38,44)/t24-,25?/m0/s1. The molecule has 6 rings (SSSR count). The third-order valence-electron chi connectivity index (χ3n) is 9.28. The van der Waals surface area contributed by atoms with Crippen molar-refractivity contribution in [3.05, 3.63) is 71.2 Å². The van der Waals surface area contributed by atoms with Gasteiger partial charge in [0, 0.05) is 62.9 Å². The fraction of sp³-hybridized carbons (Fsp3) is 0.500. The Kier molecular flexibility index (Phi) is 9.94. The van der Waals surface area contributed by atoms with Gasteiger partial charge in [-0.1, -0.05) is 20.8 Å². The molecule has 1 aromatic heterocycles. The molecule has 1 N–H and O–H groups in total. The third-order valence-corrected chi connectivity index (χ3v) is 9.28. The Morgan fingerprint density at radius 2 is 1.87 bits per heavy atom. The van der Waals surface area contributed by atoms with Crippen molar-refractivity contribution in [1.29, 1.82) is 0 Å². The highest BCUT2D eigenvalue weighted by molar-refractivity contribution is 5.95. The number of rotatable bonds is 10. The van der Waals surface area contributed by atoms with Crippen LogP contribution in [0.15, 0.2) is 48.5 Å². The van der Waals surface area contributed by atoms with E-state index >= 15 is 4.39 Å². The Bertz CT molecular complexity index is 1520. The van der Waals surface area contributed by atoms with Gasteiger partial charge in [0.25, 0.3) is 5.91 Å². The average Bonchev–Trinajstić information content (AvgIpc) is 3.67. The van der Waals surface area contributed by atoms with Crippen molar-refractivity contribution in [2.45, 2.75) is 65.0 Å². The summed E-state index contributed by atoms with van der Waals surface area (Å²) < 4.78 is 27.4. The second-order valence-electron chi connectivity index (χ2n) is 13.4. The van der Waals surface area contributed by atoms with Crippen LogP contribution in [0.5, 0.6) is 11.5 Å². The number of carbonyl (C=O) groups excluding carboxylic acids is 2. The number of piperidine rings is 1. The van der Waals surface area contributed by atoms with Gasteiger partial charge >= 0.3 is 0 Å². The summed E-state index contributed by atoms with van der Waals surface area (Å²) in [5.41, 5.74) is 3.01. The summed E-state index contributed by atoms with van der Waals surface area (Å²) in [6, 6.07) is 14.1. The topological polar surface area (TPSA) is 96.9 Å². The molecule has 3 saturated heterocycles. The summed E-state index contributed by atoms with van der Waals surface area (Å²) in [6.07, 6.45) is 3.20. The first kappa shape index (κ1) is 32.1. The van der Waals surface area contributed by atoms with Crippen LogP contribution in [0.1, 0.15) is 74.0 Å². The van der Waals surface area contributed by atoms with Gasteiger partial charge < -0.3 is 24.6 Å². The molecule has 2 amide bonds. The number of amides is 2. The van der Waals surface area contributed by atoms with E-state index < -0.39 is 11.7 Å². The Balaban J connectivity index is 1.17. The normalized spacial score (nSPS) is 20.9. The van der Waals surface area contributed by atoms with E-state index in [9.17, 15) is 9.59 Å². The van der Waals surface area contributed by atoms with E-state index in [0.29, 0.717) is 41.9 Å². The monoisotopic (exact) mass is 629 g/mol. The van der Waals surface area contributed by atoms with Crippen molar-refractivity contribution in [3.63, 3.8) is 0 Å². The predicted molar refractivity (Wildman–Crippen MR) is 173 cm³/mol. The van der Waals surface area contributed by atoms with Crippen molar-refractivity contribution >= 4 is 11.8 Å². The van der Waals surface area contributed by atoms with Crippen LogP contribution in [0.4, 0.5) is 4.39 Å². The van der Waals surface area contributed by atoms with Crippen molar-refractivity contribution in [1.82, 2.24) is 25.3 Å². The molecule has 3 aromatic rings. The lowest BCUT2D eigenvalue weighted by Gasteiger charge is -2.33. The van der Waals surface area contributed by atoms with Gasteiger partial charge in [0.1, 0.15) is 17.3 Å². The molecular weight excluding hydrogens is 585 g/mol. The fourth-order valence-corrected chi connectivity index (χ4v) is 6.56. The zero-order valence-electron chi connectivity index (χ0n) is 27.0. The molecule has 10 heteroatoms. The molecule has 3 aliphatic heterocycles. The van der Waals surface area contributed by atoms with E-state index in [1.165, 1.54) is 12.1 Å². The highest BCUT2D eigenvalue weighted by Crippen LogP contribution is 2.32. The van der Waals surface area contributed by atoms with Crippen LogP contribution < -0.4 is 10.1 Å². The SMILES string of the molecule is CC(C)c1ccc(-c2ccc(Oc3cc(C(=O)NC4CCN(CC5CCOC5)CC4)c(F)cc3CN3C[C@@H](C)CC3=O)cc2)nn1. The number of benzene rings is 2. The third kappa shape index (κ3) is 7.73. The summed E-state index contributed by atoms with van der Waals surface area (Å²) in [6.45, 7) is 11.5. The zero-order chi connectivity index (χ0) is 32.2. The number of ether oxygens (including phenoxy) is 2. The number of nitrogens with zero attached hydrogens (tertiary/aromatic N) is 4. The fourth-order valence-electron chi connectivity index (χ4n) is 6.56. The van der Waals surface area contributed by atoms with Crippen LogP contribution >= 0.6 is 0 Å². The second kappa shape index (κ2) is 14.3. The molecule has 3 aliphatic rings. The Morgan fingerprint density at radius 3 is 2.50 bits per heavy atom. The number of hydrogen-bond acceptors (Lipinski definition) is 7. The van der Waals surface area contributed by atoms with Crippen LogP contribution in [-0.2, 0) is 16.1 Å². The minimum atomic E-state index is -0.628. The van der Waals surface area contributed by atoms with E-state index in [4.69, 9.17) is 9.47 Å². The van der Waals surface area contributed by atoms with Crippen LogP contribution in [-0.4, -0.2) is 77.2 Å². The van der Waals surface area contributed by atoms with Crippen LogP contribution in [0.25, 0.3) is 11.3 Å². The Labute approximate surface area is 270 Å². The van der Waals surface area contributed by atoms with Gasteiger partial charge in [-0.2, -0.15) is 10.2 Å². The molecule has 0 aliphatic carbocycles. The average molecular weight is 630 g/mol. The van der Waals surface area contributed by atoms with Gasteiger partial charge in [-0.15, -0.1) is 0 Å². The number of carbonyl (C=O) groups is 2. The molecular formula is C36H44FN5O4. The van der Waals surface area contributed by atoms with Crippen LogP contribution in [0, 0.1) is 17.7 Å². The van der Waals surface area contributed by atoms with Gasteiger partial charge in [0.2, 0.25) is 5.91 Å². The first-order valence-electron chi connectivity index (χ1n) is 16.5.